The summed E-state index contributed by atoms with van der Waals surface area (Å²) in [5.74, 6) is -1.20. The Morgan fingerprint density at radius 2 is 1.90 bits per heavy atom. The van der Waals surface area contributed by atoms with E-state index in [2.05, 4.69) is 0 Å². The molecule has 0 aliphatic heterocycles. The van der Waals surface area contributed by atoms with E-state index in [-0.39, 0.29) is 5.56 Å². The monoisotopic (exact) mass is 269 g/mol. The van der Waals surface area contributed by atoms with Crippen LogP contribution in [0, 0.1) is 6.92 Å². The second-order valence-corrected chi connectivity index (χ2v) is 4.42. The molecule has 0 saturated carbocycles. The van der Waals surface area contributed by atoms with Crippen molar-refractivity contribution in [2.75, 3.05) is 0 Å². The lowest BCUT2D eigenvalue weighted by Crippen LogP contribution is -2.27. The van der Waals surface area contributed by atoms with Gasteiger partial charge < -0.3 is 9.67 Å². The van der Waals surface area contributed by atoms with E-state index in [1.807, 2.05) is 42.5 Å². The number of allylic oxidation sites excluding steroid dienone is 1. The molecule has 0 spiro atoms. The standard InChI is InChI=1S/C16H15NO3/c1-12-9-10-14(16(19)20)15(18)17(12)11-5-8-13-6-3-2-4-7-13/h2-10H,11H2,1H3,(H,19,20). The van der Waals surface area contributed by atoms with Crippen LogP contribution in [0.2, 0.25) is 0 Å². The van der Waals surface area contributed by atoms with Gasteiger partial charge in [-0.05, 0) is 24.6 Å². The van der Waals surface area contributed by atoms with Gasteiger partial charge in [0, 0.05) is 12.2 Å². The van der Waals surface area contributed by atoms with Crippen molar-refractivity contribution in [3.05, 3.63) is 75.7 Å². The van der Waals surface area contributed by atoms with Crippen LogP contribution in [-0.4, -0.2) is 15.6 Å². The molecule has 1 heterocycles. The number of carbonyl (C=O) groups is 1. The van der Waals surface area contributed by atoms with E-state index in [0.29, 0.717) is 6.54 Å². The fraction of sp³-hybridized carbons (Fsp3) is 0.125. The van der Waals surface area contributed by atoms with Gasteiger partial charge in [0.05, 0.1) is 0 Å². The van der Waals surface area contributed by atoms with Crippen LogP contribution < -0.4 is 5.56 Å². The highest BCUT2D eigenvalue weighted by atomic mass is 16.4. The molecule has 20 heavy (non-hydrogen) atoms. The van der Waals surface area contributed by atoms with Crippen LogP contribution in [0.5, 0.6) is 0 Å². The molecule has 4 nitrogen and oxygen atoms in total. The smallest absolute Gasteiger partial charge is 0.341 e. The van der Waals surface area contributed by atoms with Crippen molar-refractivity contribution in [1.29, 1.82) is 0 Å². The maximum Gasteiger partial charge on any atom is 0.341 e. The van der Waals surface area contributed by atoms with Crippen LogP contribution in [0.15, 0.2) is 53.3 Å². The highest BCUT2D eigenvalue weighted by Gasteiger charge is 2.11. The van der Waals surface area contributed by atoms with E-state index < -0.39 is 11.5 Å². The fourth-order valence-corrected chi connectivity index (χ4v) is 1.92. The highest BCUT2D eigenvalue weighted by Crippen LogP contribution is 2.03. The first-order chi connectivity index (χ1) is 9.59. The Kier molecular flexibility index (Phi) is 4.15. The number of carboxylic acids is 1. The third-order valence-corrected chi connectivity index (χ3v) is 3.02. The Morgan fingerprint density at radius 3 is 2.55 bits per heavy atom. The number of nitrogens with zero attached hydrogens (tertiary/aromatic N) is 1. The molecule has 0 unspecified atom stereocenters. The second kappa shape index (κ2) is 6.02. The van der Waals surface area contributed by atoms with Crippen LogP contribution in [-0.2, 0) is 6.54 Å². The fourth-order valence-electron chi connectivity index (χ4n) is 1.92. The Labute approximate surface area is 116 Å². The minimum atomic E-state index is -1.20. The maximum absolute atomic E-state index is 12.0. The van der Waals surface area contributed by atoms with Crippen LogP contribution in [0.1, 0.15) is 21.6 Å². The minimum absolute atomic E-state index is 0.205. The lowest BCUT2D eigenvalue weighted by atomic mass is 10.2. The van der Waals surface area contributed by atoms with Crippen molar-refractivity contribution in [2.24, 2.45) is 0 Å². The number of carboxylic acid groups (broad SMARTS) is 1. The number of hydrogen-bond donors (Lipinski definition) is 1. The number of aromatic nitrogens is 1. The lowest BCUT2D eigenvalue weighted by Gasteiger charge is -2.08. The van der Waals surface area contributed by atoms with Crippen LogP contribution >= 0.6 is 0 Å². The van der Waals surface area contributed by atoms with Gasteiger partial charge >= 0.3 is 5.97 Å². The van der Waals surface area contributed by atoms with E-state index >= 15 is 0 Å². The average Bonchev–Trinajstić information content (AvgIpc) is 2.43. The first kappa shape index (κ1) is 13.8. The molecule has 0 aliphatic rings. The molecule has 0 radical (unpaired) electrons. The quantitative estimate of drug-likeness (QED) is 0.928. The molecule has 0 amide bonds. The van der Waals surface area contributed by atoms with Crippen LogP contribution in [0.25, 0.3) is 6.08 Å². The third kappa shape index (κ3) is 3.03. The molecule has 102 valence electrons. The van der Waals surface area contributed by atoms with Gasteiger partial charge in [0.15, 0.2) is 0 Å². The topological polar surface area (TPSA) is 59.3 Å². The molecule has 2 aromatic rings. The number of aromatic carboxylic acids is 1. The van der Waals surface area contributed by atoms with E-state index in [4.69, 9.17) is 5.11 Å². The van der Waals surface area contributed by atoms with Crippen LogP contribution in [0.4, 0.5) is 0 Å². The minimum Gasteiger partial charge on any atom is -0.477 e. The molecule has 0 aliphatic carbocycles. The number of hydrogen-bond acceptors (Lipinski definition) is 2. The molecule has 1 aromatic carbocycles. The summed E-state index contributed by atoms with van der Waals surface area (Å²) in [6.07, 6.45) is 3.74. The predicted octanol–water partition coefficient (Wildman–Crippen LogP) is 2.57. The van der Waals surface area contributed by atoms with Gasteiger partial charge in [-0.2, -0.15) is 0 Å². The summed E-state index contributed by atoms with van der Waals surface area (Å²) in [5, 5.41) is 8.95. The first-order valence-electron chi connectivity index (χ1n) is 6.25. The first-order valence-corrected chi connectivity index (χ1v) is 6.25. The number of rotatable bonds is 4. The second-order valence-electron chi connectivity index (χ2n) is 4.42. The van der Waals surface area contributed by atoms with E-state index in [1.54, 1.807) is 13.0 Å². The zero-order chi connectivity index (χ0) is 14.5. The van der Waals surface area contributed by atoms with Crippen molar-refractivity contribution in [3.8, 4) is 0 Å². The Balaban J connectivity index is 2.26. The van der Waals surface area contributed by atoms with E-state index in [1.165, 1.54) is 10.6 Å². The summed E-state index contributed by atoms with van der Waals surface area (Å²) >= 11 is 0. The summed E-state index contributed by atoms with van der Waals surface area (Å²) in [7, 11) is 0. The van der Waals surface area contributed by atoms with Crippen molar-refractivity contribution < 1.29 is 9.90 Å². The summed E-state index contributed by atoms with van der Waals surface area (Å²) in [4.78, 5) is 23.0. The molecule has 1 N–H and O–H groups in total. The van der Waals surface area contributed by atoms with Crippen molar-refractivity contribution in [1.82, 2.24) is 4.57 Å². The molecule has 0 atom stereocenters. The summed E-state index contributed by atoms with van der Waals surface area (Å²) in [6, 6.07) is 12.7. The number of benzene rings is 1. The zero-order valence-corrected chi connectivity index (χ0v) is 11.1. The van der Waals surface area contributed by atoms with Crippen molar-refractivity contribution in [3.63, 3.8) is 0 Å². The van der Waals surface area contributed by atoms with Gasteiger partial charge in [-0.3, -0.25) is 4.79 Å². The van der Waals surface area contributed by atoms with Gasteiger partial charge in [0.25, 0.3) is 5.56 Å². The van der Waals surface area contributed by atoms with Crippen molar-refractivity contribution >= 4 is 12.0 Å². The normalized spacial score (nSPS) is 10.8. The van der Waals surface area contributed by atoms with Gasteiger partial charge in [-0.1, -0.05) is 42.5 Å². The molecule has 0 saturated heterocycles. The summed E-state index contributed by atoms with van der Waals surface area (Å²) < 4.78 is 1.45. The number of aryl methyl sites for hydroxylation is 1. The SMILES string of the molecule is Cc1ccc(C(=O)O)c(=O)n1CC=Cc1ccccc1. The Hall–Kier alpha value is -2.62. The molecule has 1 aromatic heterocycles. The largest absolute Gasteiger partial charge is 0.477 e. The van der Waals surface area contributed by atoms with E-state index in [0.717, 1.165) is 11.3 Å². The Bertz CT molecular complexity index is 699. The van der Waals surface area contributed by atoms with Crippen LogP contribution in [0.3, 0.4) is 0 Å². The lowest BCUT2D eigenvalue weighted by molar-refractivity contribution is 0.0694. The molecule has 2 rings (SSSR count). The average molecular weight is 269 g/mol. The molecular formula is C16H15NO3. The molecule has 0 fully saturated rings. The molecule has 0 bridgehead atoms. The number of pyridine rings is 1. The predicted molar refractivity (Wildman–Crippen MR) is 77.9 cm³/mol. The van der Waals surface area contributed by atoms with Gasteiger partial charge in [-0.15, -0.1) is 0 Å². The molecule has 4 heteroatoms. The third-order valence-electron chi connectivity index (χ3n) is 3.02. The van der Waals surface area contributed by atoms with Gasteiger partial charge in [0.2, 0.25) is 0 Å². The molecular weight excluding hydrogens is 254 g/mol. The van der Waals surface area contributed by atoms with Gasteiger partial charge in [0.1, 0.15) is 5.56 Å². The Morgan fingerprint density at radius 1 is 1.20 bits per heavy atom. The van der Waals surface area contributed by atoms with Gasteiger partial charge in [-0.25, -0.2) is 4.79 Å². The van der Waals surface area contributed by atoms with E-state index in [9.17, 15) is 9.59 Å². The maximum atomic E-state index is 12.0. The zero-order valence-electron chi connectivity index (χ0n) is 11.1. The highest BCUT2D eigenvalue weighted by molar-refractivity contribution is 5.87. The summed E-state index contributed by atoms with van der Waals surface area (Å²) in [5.41, 5.74) is 1.09. The summed E-state index contributed by atoms with van der Waals surface area (Å²) in [6.45, 7) is 2.13. The van der Waals surface area contributed by atoms with Crippen molar-refractivity contribution in [2.45, 2.75) is 13.5 Å².